The quantitative estimate of drug-likeness (QED) is 0.887. The summed E-state index contributed by atoms with van der Waals surface area (Å²) in [4.78, 5) is 3.96. The van der Waals surface area contributed by atoms with Crippen LogP contribution in [0.2, 0.25) is 0 Å². The molecule has 0 amide bonds. The van der Waals surface area contributed by atoms with Gasteiger partial charge in [0.05, 0.1) is 11.9 Å². The second-order valence-corrected chi connectivity index (χ2v) is 4.13. The summed E-state index contributed by atoms with van der Waals surface area (Å²) in [5.74, 6) is -0.292. The van der Waals surface area contributed by atoms with E-state index in [-0.39, 0.29) is 11.8 Å². The molecule has 6 heteroatoms. The predicted octanol–water partition coefficient (Wildman–Crippen LogP) is 2.79. The smallest absolute Gasteiger partial charge is 0.404 e. The molecule has 0 aromatic carbocycles. The summed E-state index contributed by atoms with van der Waals surface area (Å²) in [5.41, 5.74) is 0.714. The van der Waals surface area contributed by atoms with E-state index in [1.165, 1.54) is 6.07 Å². The van der Waals surface area contributed by atoms with Gasteiger partial charge in [-0.15, -0.1) is 13.2 Å². The van der Waals surface area contributed by atoms with Crippen molar-refractivity contribution in [1.29, 1.82) is 0 Å². The van der Waals surface area contributed by atoms with Crippen LogP contribution >= 0.6 is 0 Å². The van der Waals surface area contributed by atoms with Crippen LogP contribution in [0.3, 0.4) is 0 Å². The van der Waals surface area contributed by atoms with E-state index in [4.69, 9.17) is 0 Å². The lowest BCUT2D eigenvalue weighted by atomic mass is 10.2. The number of rotatable bonds is 4. The minimum Gasteiger partial charge on any atom is -0.404 e. The topological polar surface area (TPSA) is 34.1 Å². The molecular formula is C11H13F3N2O. The molecule has 94 valence electrons. The van der Waals surface area contributed by atoms with Crippen LogP contribution in [0.25, 0.3) is 0 Å². The van der Waals surface area contributed by atoms with Crippen molar-refractivity contribution < 1.29 is 17.9 Å². The van der Waals surface area contributed by atoms with E-state index in [1.54, 1.807) is 6.07 Å². The lowest BCUT2D eigenvalue weighted by Gasteiger charge is -2.13. The maximum atomic E-state index is 11.9. The van der Waals surface area contributed by atoms with Crippen molar-refractivity contribution in [3.63, 3.8) is 0 Å². The fraction of sp³-hybridized carbons (Fsp3) is 0.545. The Morgan fingerprint density at radius 3 is 2.59 bits per heavy atom. The number of alkyl halides is 3. The summed E-state index contributed by atoms with van der Waals surface area (Å²) in [6, 6.07) is 3.39. The first-order chi connectivity index (χ1) is 7.94. The minimum absolute atomic E-state index is 0.0439. The molecule has 1 aliphatic rings. The minimum atomic E-state index is -4.67. The Bertz CT molecular complexity index is 373. The Kier molecular flexibility index (Phi) is 3.24. The van der Waals surface area contributed by atoms with Gasteiger partial charge in [-0.25, -0.2) is 0 Å². The summed E-state index contributed by atoms with van der Waals surface area (Å²) < 4.78 is 39.5. The van der Waals surface area contributed by atoms with E-state index < -0.39 is 6.36 Å². The summed E-state index contributed by atoms with van der Waals surface area (Å²) >= 11 is 0. The van der Waals surface area contributed by atoms with Crippen molar-refractivity contribution in [2.75, 3.05) is 0 Å². The fourth-order valence-corrected chi connectivity index (χ4v) is 1.53. The highest BCUT2D eigenvalue weighted by molar-refractivity contribution is 5.21. The third-order valence-electron chi connectivity index (χ3n) is 2.50. The molecule has 3 nitrogen and oxygen atoms in total. The molecule has 0 aliphatic heterocycles. The highest BCUT2D eigenvalue weighted by atomic mass is 19.4. The molecule has 0 bridgehead atoms. The van der Waals surface area contributed by atoms with Crippen LogP contribution in [-0.4, -0.2) is 17.4 Å². The molecule has 0 radical (unpaired) electrons. The molecule has 0 spiro atoms. The number of hydrogen-bond acceptors (Lipinski definition) is 3. The number of aromatic nitrogens is 1. The molecule has 1 saturated carbocycles. The van der Waals surface area contributed by atoms with Gasteiger partial charge in [-0.1, -0.05) is 0 Å². The second-order valence-electron chi connectivity index (χ2n) is 4.13. The average Bonchev–Trinajstić information content (AvgIpc) is 3.00. The number of nitrogens with zero attached hydrogens (tertiary/aromatic N) is 1. The first-order valence-electron chi connectivity index (χ1n) is 5.42. The zero-order valence-corrected chi connectivity index (χ0v) is 9.29. The number of ether oxygens (including phenoxy) is 1. The highest BCUT2D eigenvalue weighted by Gasteiger charge is 2.31. The summed E-state index contributed by atoms with van der Waals surface area (Å²) in [6.07, 6.45) is -1.27. The van der Waals surface area contributed by atoms with Crippen LogP contribution < -0.4 is 10.1 Å². The third-order valence-corrected chi connectivity index (χ3v) is 2.50. The van der Waals surface area contributed by atoms with Crippen LogP contribution in [0.1, 0.15) is 31.5 Å². The normalized spacial score (nSPS) is 17.9. The van der Waals surface area contributed by atoms with Crippen LogP contribution in [0.5, 0.6) is 5.75 Å². The van der Waals surface area contributed by atoms with Gasteiger partial charge in [-0.2, -0.15) is 0 Å². The molecule has 1 heterocycles. The zero-order chi connectivity index (χ0) is 12.5. The predicted molar refractivity (Wildman–Crippen MR) is 55.5 cm³/mol. The Hall–Kier alpha value is -1.30. The molecule has 1 unspecified atom stereocenters. The molecule has 1 atom stereocenters. The van der Waals surface area contributed by atoms with Gasteiger partial charge in [0, 0.05) is 12.1 Å². The van der Waals surface area contributed by atoms with Crippen molar-refractivity contribution in [3.05, 3.63) is 24.0 Å². The monoisotopic (exact) mass is 246 g/mol. The van der Waals surface area contributed by atoms with Crippen molar-refractivity contribution in [1.82, 2.24) is 10.3 Å². The van der Waals surface area contributed by atoms with Crippen molar-refractivity contribution in [2.45, 2.75) is 38.2 Å². The van der Waals surface area contributed by atoms with E-state index in [9.17, 15) is 13.2 Å². The third kappa shape index (κ3) is 3.89. The van der Waals surface area contributed by atoms with Crippen LogP contribution in [0.15, 0.2) is 18.3 Å². The Balaban J connectivity index is 1.96. The van der Waals surface area contributed by atoms with Gasteiger partial charge in [0.25, 0.3) is 0 Å². The second kappa shape index (κ2) is 4.52. The first-order valence-corrected chi connectivity index (χ1v) is 5.42. The van der Waals surface area contributed by atoms with E-state index >= 15 is 0 Å². The van der Waals surface area contributed by atoms with Gasteiger partial charge in [0.15, 0.2) is 0 Å². The molecule has 1 aromatic rings. The lowest BCUT2D eigenvalue weighted by molar-refractivity contribution is -0.274. The van der Waals surface area contributed by atoms with E-state index in [0.717, 1.165) is 19.0 Å². The SMILES string of the molecule is CC(NC1CC1)c1ccc(OC(F)(F)F)cn1. The van der Waals surface area contributed by atoms with Gasteiger partial charge < -0.3 is 10.1 Å². The van der Waals surface area contributed by atoms with Crippen molar-refractivity contribution in [2.24, 2.45) is 0 Å². The van der Waals surface area contributed by atoms with E-state index in [1.807, 2.05) is 6.92 Å². The van der Waals surface area contributed by atoms with E-state index in [2.05, 4.69) is 15.0 Å². The molecule has 1 fully saturated rings. The number of pyridine rings is 1. The maximum Gasteiger partial charge on any atom is 0.573 e. The van der Waals surface area contributed by atoms with Crippen molar-refractivity contribution >= 4 is 0 Å². The molecule has 1 aliphatic carbocycles. The summed E-state index contributed by atoms with van der Waals surface area (Å²) in [6.45, 7) is 1.94. The molecule has 1 aromatic heterocycles. The van der Waals surface area contributed by atoms with Gasteiger partial charge in [-0.3, -0.25) is 4.98 Å². The number of nitrogens with one attached hydrogen (secondary N) is 1. The summed E-state index contributed by atoms with van der Waals surface area (Å²) in [7, 11) is 0. The zero-order valence-electron chi connectivity index (χ0n) is 9.29. The molecule has 0 saturated heterocycles. The van der Waals surface area contributed by atoms with Crippen molar-refractivity contribution in [3.8, 4) is 5.75 Å². The van der Waals surface area contributed by atoms with Gasteiger partial charge in [0.2, 0.25) is 0 Å². The van der Waals surface area contributed by atoms with Crippen LogP contribution in [0, 0.1) is 0 Å². The molecule has 2 rings (SSSR count). The highest BCUT2D eigenvalue weighted by Crippen LogP contribution is 2.25. The lowest BCUT2D eigenvalue weighted by Crippen LogP contribution is -2.21. The number of halogens is 3. The Morgan fingerprint density at radius 1 is 1.41 bits per heavy atom. The van der Waals surface area contributed by atoms with Crippen LogP contribution in [0.4, 0.5) is 13.2 Å². The average molecular weight is 246 g/mol. The van der Waals surface area contributed by atoms with Gasteiger partial charge in [0.1, 0.15) is 5.75 Å². The summed E-state index contributed by atoms with van der Waals surface area (Å²) in [5, 5.41) is 3.31. The number of hydrogen-bond donors (Lipinski definition) is 1. The first kappa shape index (κ1) is 12.2. The maximum absolute atomic E-state index is 11.9. The Labute approximate surface area is 97.0 Å². The van der Waals surface area contributed by atoms with Crippen LogP contribution in [-0.2, 0) is 0 Å². The van der Waals surface area contributed by atoms with Gasteiger partial charge in [-0.05, 0) is 31.9 Å². The standard InChI is InChI=1S/C11H13F3N2O/c1-7(16-8-2-3-8)10-5-4-9(6-15-10)17-11(12,13)14/h4-8,16H,2-3H2,1H3. The largest absolute Gasteiger partial charge is 0.573 e. The fourth-order valence-electron chi connectivity index (χ4n) is 1.53. The van der Waals surface area contributed by atoms with Gasteiger partial charge >= 0.3 is 6.36 Å². The molecular weight excluding hydrogens is 233 g/mol. The Morgan fingerprint density at radius 2 is 2.12 bits per heavy atom. The molecule has 1 N–H and O–H groups in total. The van der Waals surface area contributed by atoms with E-state index in [0.29, 0.717) is 11.7 Å². The molecule has 17 heavy (non-hydrogen) atoms.